The Hall–Kier alpha value is -1.80. The van der Waals surface area contributed by atoms with Crippen LogP contribution < -0.4 is 10.5 Å². The van der Waals surface area contributed by atoms with E-state index in [9.17, 15) is 0 Å². The molecule has 0 spiro atoms. The molecule has 0 heterocycles. The van der Waals surface area contributed by atoms with Crippen LogP contribution in [0.25, 0.3) is 0 Å². The van der Waals surface area contributed by atoms with Gasteiger partial charge in [-0.15, -0.1) is 0 Å². The Morgan fingerprint density at radius 3 is 1.83 bits per heavy atom. The quantitative estimate of drug-likeness (QED) is 0.877. The second-order valence-electron chi connectivity index (χ2n) is 4.32. The highest BCUT2D eigenvalue weighted by atomic mass is 16.5. The molecular weight excluding hydrogens is 222 g/mol. The van der Waals surface area contributed by atoms with Gasteiger partial charge in [0.05, 0.1) is 7.11 Å². The van der Waals surface area contributed by atoms with Crippen molar-refractivity contribution < 1.29 is 4.74 Å². The molecular formula is C16H19NO. The van der Waals surface area contributed by atoms with Gasteiger partial charge in [-0.25, -0.2) is 0 Å². The summed E-state index contributed by atoms with van der Waals surface area (Å²) in [6.07, 6.45) is 2.60. The highest BCUT2D eigenvalue weighted by Crippen LogP contribution is 2.20. The number of aryl methyl sites for hydroxylation is 2. The fraction of sp³-hybridized carbons (Fsp3) is 0.250. The van der Waals surface area contributed by atoms with Gasteiger partial charge in [-0.2, -0.15) is 0 Å². The van der Waals surface area contributed by atoms with Crippen LogP contribution in [-0.4, -0.2) is 7.11 Å². The molecule has 94 valence electrons. The third-order valence-corrected chi connectivity index (χ3v) is 3.18. The molecule has 1 aliphatic rings. The molecule has 0 radical (unpaired) electrons. The van der Waals surface area contributed by atoms with Crippen LogP contribution >= 0.6 is 0 Å². The second-order valence-corrected chi connectivity index (χ2v) is 4.32. The molecule has 0 atom stereocenters. The Kier molecular flexibility index (Phi) is 4.37. The highest BCUT2D eigenvalue weighted by molar-refractivity contribution is 5.34. The topological polar surface area (TPSA) is 35.2 Å². The first kappa shape index (κ1) is 12.7. The van der Waals surface area contributed by atoms with Gasteiger partial charge in [-0.05, 0) is 41.7 Å². The lowest BCUT2D eigenvalue weighted by Crippen LogP contribution is -2.06. The Morgan fingerprint density at radius 1 is 0.944 bits per heavy atom. The number of benzene rings is 2. The number of fused-ring (bicyclic) bond motifs is 1. The molecule has 18 heavy (non-hydrogen) atoms. The standard InChI is InChI=1S/C8H11NO.C8H8/c1-10-8-4-2-7(6-9)3-5-8;1-2-4-8-6-5-7(8)3-1/h2-5H,6,9H2,1H3;1-4H,5-6H2. The lowest BCUT2D eigenvalue weighted by atomic mass is 9.89. The average molecular weight is 241 g/mol. The minimum Gasteiger partial charge on any atom is -0.497 e. The van der Waals surface area contributed by atoms with E-state index in [4.69, 9.17) is 10.5 Å². The average Bonchev–Trinajstić information content (AvgIpc) is 2.41. The lowest BCUT2D eigenvalue weighted by Gasteiger charge is -2.16. The number of methoxy groups -OCH3 is 1. The zero-order valence-electron chi connectivity index (χ0n) is 10.7. The normalized spacial score (nSPS) is 11.7. The predicted octanol–water partition coefficient (Wildman–Crippen LogP) is 2.94. The van der Waals surface area contributed by atoms with E-state index in [1.807, 2.05) is 24.3 Å². The number of hydrogen-bond donors (Lipinski definition) is 1. The van der Waals surface area contributed by atoms with E-state index in [-0.39, 0.29) is 0 Å². The lowest BCUT2D eigenvalue weighted by molar-refractivity contribution is 0.414. The summed E-state index contributed by atoms with van der Waals surface area (Å²) >= 11 is 0. The largest absolute Gasteiger partial charge is 0.497 e. The number of nitrogens with two attached hydrogens (primary N) is 1. The smallest absolute Gasteiger partial charge is 0.118 e. The first-order valence-electron chi connectivity index (χ1n) is 6.23. The molecule has 2 heteroatoms. The maximum absolute atomic E-state index is 5.40. The van der Waals surface area contributed by atoms with Crippen LogP contribution in [-0.2, 0) is 19.4 Å². The molecule has 2 N–H and O–H groups in total. The van der Waals surface area contributed by atoms with Crippen molar-refractivity contribution in [3.63, 3.8) is 0 Å². The molecule has 1 aliphatic carbocycles. The van der Waals surface area contributed by atoms with E-state index in [2.05, 4.69) is 24.3 Å². The van der Waals surface area contributed by atoms with Crippen LogP contribution in [0, 0.1) is 0 Å². The van der Waals surface area contributed by atoms with E-state index in [0.717, 1.165) is 11.3 Å². The van der Waals surface area contributed by atoms with Crippen LogP contribution in [0.2, 0.25) is 0 Å². The number of hydrogen-bond acceptors (Lipinski definition) is 2. The van der Waals surface area contributed by atoms with Crippen LogP contribution in [0.4, 0.5) is 0 Å². The van der Waals surface area contributed by atoms with Crippen molar-refractivity contribution in [1.29, 1.82) is 0 Å². The van der Waals surface area contributed by atoms with Gasteiger partial charge >= 0.3 is 0 Å². The van der Waals surface area contributed by atoms with Crippen LogP contribution in [0.1, 0.15) is 16.7 Å². The molecule has 0 bridgehead atoms. The van der Waals surface area contributed by atoms with Gasteiger partial charge in [0.25, 0.3) is 0 Å². The van der Waals surface area contributed by atoms with Crippen LogP contribution in [0.5, 0.6) is 5.75 Å². The molecule has 0 fully saturated rings. The first-order valence-corrected chi connectivity index (χ1v) is 6.23. The van der Waals surface area contributed by atoms with Crippen molar-refractivity contribution in [1.82, 2.24) is 0 Å². The third-order valence-electron chi connectivity index (χ3n) is 3.18. The maximum atomic E-state index is 5.40. The summed E-state index contributed by atoms with van der Waals surface area (Å²) in [5.74, 6) is 0.872. The first-order chi connectivity index (χ1) is 8.83. The Morgan fingerprint density at radius 2 is 1.50 bits per heavy atom. The monoisotopic (exact) mass is 241 g/mol. The Labute approximate surface area is 108 Å². The van der Waals surface area contributed by atoms with Crippen molar-refractivity contribution >= 4 is 0 Å². The minimum atomic E-state index is 0.587. The van der Waals surface area contributed by atoms with Crippen molar-refractivity contribution in [2.24, 2.45) is 5.73 Å². The molecule has 0 saturated heterocycles. The highest BCUT2D eigenvalue weighted by Gasteiger charge is 2.09. The summed E-state index contributed by atoms with van der Waals surface area (Å²) in [5.41, 5.74) is 9.62. The van der Waals surface area contributed by atoms with Crippen LogP contribution in [0.15, 0.2) is 48.5 Å². The molecule has 2 aromatic carbocycles. The molecule has 2 aromatic rings. The Balaban J connectivity index is 0.000000136. The van der Waals surface area contributed by atoms with E-state index in [0.29, 0.717) is 6.54 Å². The predicted molar refractivity (Wildman–Crippen MR) is 74.7 cm³/mol. The number of rotatable bonds is 2. The van der Waals surface area contributed by atoms with Gasteiger partial charge < -0.3 is 10.5 Å². The maximum Gasteiger partial charge on any atom is 0.118 e. The van der Waals surface area contributed by atoms with E-state index >= 15 is 0 Å². The molecule has 3 rings (SSSR count). The summed E-state index contributed by atoms with van der Waals surface area (Å²) < 4.78 is 4.97. The zero-order valence-corrected chi connectivity index (χ0v) is 10.7. The fourth-order valence-electron chi connectivity index (χ4n) is 1.90. The minimum absolute atomic E-state index is 0.587. The number of ether oxygens (including phenoxy) is 1. The fourth-order valence-corrected chi connectivity index (χ4v) is 1.90. The summed E-state index contributed by atoms with van der Waals surface area (Å²) in [4.78, 5) is 0. The van der Waals surface area contributed by atoms with Crippen molar-refractivity contribution in [3.05, 3.63) is 65.2 Å². The SMILES string of the molecule is COc1ccc(CN)cc1.c1ccc2c(c1)CC2. The molecule has 0 aliphatic heterocycles. The summed E-state index contributed by atoms with van der Waals surface area (Å²) in [5, 5.41) is 0. The van der Waals surface area contributed by atoms with Crippen molar-refractivity contribution in [3.8, 4) is 5.75 Å². The van der Waals surface area contributed by atoms with Gasteiger partial charge in [-0.3, -0.25) is 0 Å². The molecule has 0 saturated carbocycles. The summed E-state index contributed by atoms with van der Waals surface area (Å²) in [6.45, 7) is 0.587. The molecule has 0 amide bonds. The Bertz CT molecular complexity index is 445. The van der Waals surface area contributed by atoms with Gasteiger partial charge in [0.2, 0.25) is 0 Å². The third kappa shape index (κ3) is 3.11. The second kappa shape index (κ2) is 6.22. The van der Waals surface area contributed by atoms with E-state index < -0.39 is 0 Å². The van der Waals surface area contributed by atoms with Gasteiger partial charge in [0, 0.05) is 6.54 Å². The van der Waals surface area contributed by atoms with Gasteiger partial charge in [0.1, 0.15) is 5.75 Å². The van der Waals surface area contributed by atoms with E-state index in [1.54, 1.807) is 18.2 Å². The van der Waals surface area contributed by atoms with Crippen molar-refractivity contribution in [2.45, 2.75) is 19.4 Å². The molecule has 2 nitrogen and oxygen atoms in total. The molecule has 0 aromatic heterocycles. The summed E-state index contributed by atoms with van der Waals surface area (Å²) in [6, 6.07) is 16.4. The van der Waals surface area contributed by atoms with Crippen LogP contribution in [0.3, 0.4) is 0 Å². The molecule has 0 unspecified atom stereocenters. The van der Waals surface area contributed by atoms with Crippen molar-refractivity contribution in [2.75, 3.05) is 7.11 Å². The van der Waals surface area contributed by atoms with E-state index in [1.165, 1.54) is 12.8 Å². The van der Waals surface area contributed by atoms with Gasteiger partial charge in [-0.1, -0.05) is 36.4 Å². The summed E-state index contributed by atoms with van der Waals surface area (Å²) in [7, 11) is 1.65. The zero-order chi connectivity index (χ0) is 12.8. The van der Waals surface area contributed by atoms with Gasteiger partial charge in [0.15, 0.2) is 0 Å².